The maximum atomic E-state index is 14.7. The van der Waals surface area contributed by atoms with E-state index in [1.165, 1.54) is 0 Å². The van der Waals surface area contributed by atoms with Gasteiger partial charge in [-0.25, -0.2) is 10.4 Å². The van der Waals surface area contributed by atoms with Gasteiger partial charge in [-0.3, -0.25) is 10.2 Å². The fourth-order valence-electron chi connectivity index (χ4n) is 5.70. The first kappa shape index (κ1) is 35.6. The number of benzene rings is 4. The highest BCUT2D eigenvalue weighted by molar-refractivity contribution is 6.01. The van der Waals surface area contributed by atoms with Crippen molar-refractivity contribution in [2.45, 2.75) is 37.6 Å². The van der Waals surface area contributed by atoms with Crippen molar-refractivity contribution >= 4 is 11.8 Å². The van der Waals surface area contributed by atoms with Gasteiger partial charge in [-0.1, -0.05) is 47.6 Å². The number of aliphatic imine (C=N–C) groups is 1. The Bertz CT molecular complexity index is 1840. The molecule has 2 atom stereocenters. The Morgan fingerprint density at radius 2 is 1.66 bits per heavy atom. The van der Waals surface area contributed by atoms with E-state index in [0.29, 0.717) is 47.2 Å². The Morgan fingerprint density at radius 1 is 0.920 bits per heavy atom. The van der Waals surface area contributed by atoms with Crippen LogP contribution in [0.25, 0.3) is 10.4 Å². The van der Waals surface area contributed by atoms with Crippen molar-refractivity contribution in [1.82, 2.24) is 10.9 Å². The third kappa shape index (κ3) is 8.27. The summed E-state index contributed by atoms with van der Waals surface area (Å²) in [4.78, 5) is 22.7. The second-order valence-corrected chi connectivity index (χ2v) is 11.4. The molecule has 0 radical (unpaired) electrons. The molecule has 0 spiro atoms. The van der Waals surface area contributed by atoms with E-state index in [9.17, 15) is 4.79 Å². The topological polar surface area (TPSA) is 169 Å². The lowest BCUT2D eigenvalue weighted by Crippen LogP contribution is -2.53. The first-order chi connectivity index (χ1) is 24.4. The molecule has 260 valence electrons. The van der Waals surface area contributed by atoms with Gasteiger partial charge in [0.15, 0.2) is 11.6 Å². The Morgan fingerprint density at radius 3 is 2.38 bits per heavy atom. The van der Waals surface area contributed by atoms with Crippen LogP contribution in [0.5, 0.6) is 23.0 Å². The van der Waals surface area contributed by atoms with Crippen LogP contribution in [-0.2, 0) is 29.0 Å². The van der Waals surface area contributed by atoms with Crippen LogP contribution in [0.4, 0.5) is 0 Å². The number of carbonyl (C=O) groups is 1. The smallest absolute Gasteiger partial charge is 0.266 e. The van der Waals surface area contributed by atoms with Crippen LogP contribution in [0.2, 0.25) is 0 Å². The Kier molecular flexibility index (Phi) is 12.1. The van der Waals surface area contributed by atoms with Crippen molar-refractivity contribution in [3.05, 3.63) is 129 Å². The molecule has 4 aromatic rings. The molecular formula is C37H40N6O7. The Balaban J connectivity index is 1.57. The number of hydrazine groups is 1. The second kappa shape index (κ2) is 17.1. The molecule has 0 bridgehead atoms. The second-order valence-electron chi connectivity index (χ2n) is 11.4. The van der Waals surface area contributed by atoms with Gasteiger partial charge in [0, 0.05) is 48.1 Å². The fourth-order valence-corrected chi connectivity index (χ4v) is 5.70. The quantitative estimate of drug-likeness (QED) is 0.0426. The van der Waals surface area contributed by atoms with E-state index in [4.69, 9.17) is 39.3 Å². The first-order valence-corrected chi connectivity index (χ1v) is 16.0. The number of aliphatic hydroxyl groups is 1. The number of rotatable bonds is 17. The van der Waals surface area contributed by atoms with Gasteiger partial charge in [-0.2, -0.15) is 0 Å². The first-order valence-electron chi connectivity index (χ1n) is 16.0. The summed E-state index contributed by atoms with van der Waals surface area (Å²) in [5.74, 6) is 2.26. The highest BCUT2D eigenvalue weighted by Crippen LogP contribution is 2.43. The average molecular weight is 681 g/mol. The monoisotopic (exact) mass is 680 g/mol. The molecule has 1 heterocycles. The van der Waals surface area contributed by atoms with E-state index >= 15 is 0 Å². The Hall–Kier alpha value is -5.75. The number of hydrogen-bond acceptors (Lipinski definition) is 10. The van der Waals surface area contributed by atoms with Crippen molar-refractivity contribution in [2.75, 3.05) is 34.5 Å². The third-order valence-corrected chi connectivity index (χ3v) is 8.28. The van der Waals surface area contributed by atoms with Crippen LogP contribution >= 0.6 is 0 Å². The van der Waals surface area contributed by atoms with E-state index in [1.807, 2.05) is 72.8 Å². The number of aliphatic hydroxyl groups excluding tert-OH is 1. The van der Waals surface area contributed by atoms with Crippen LogP contribution in [0.1, 0.15) is 40.3 Å². The van der Waals surface area contributed by atoms with Crippen molar-refractivity contribution in [2.24, 2.45) is 10.1 Å². The molecule has 5 rings (SSSR count). The van der Waals surface area contributed by atoms with E-state index in [1.54, 1.807) is 39.5 Å². The summed E-state index contributed by atoms with van der Waals surface area (Å²) in [5.41, 5.74) is 17.1. The normalized spacial score (nSPS) is 16.4. The number of methoxy groups -OCH3 is 3. The molecule has 3 N–H and O–H groups in total. The van der Waals surface area contributed by atoms with Crippen molar-refractivity contribution in [3.63, 3.8) is 0 Å². The van der Waals surface area contributed by atoms with E-state index in [0.717, 1.165) is 16.7 Å². The SMILES string of the molecule is COc1cccc([C@@H]2OC(c3ccc(OCCCO)cc3)=N[C@]2(Cc2ccccc2CN=[N+]=[N-])C(=O)NNCc2ccc(OC)cc2OC)c1. The zero-order valence-corrected chi connectivity index (χ0v) is 28.2. The molecule has 13 heteroatoms. The van der Waals surface area contributed by atoms with Gasteiger partial charge in [0.05, 0.1) is 34.5 Å². The summed E-state index contributed by atoms with van der Waals surface area (Å²) >= 11 is 0. The number of hydrogen-bond donors (Lipinski definition) is 3. The lowest BCUT2D eigenvalue weighted by Gasteiger charge is -2.31. The lowest BCUT2D eigenvalue weighted by atomic mass is 9.81. The molecular weight excluding hydrogens is 640 g/mol. The van der Waals surface area contributed by atoms with E-state index in [2.05, 4.69) is 20.9 Å². The average Bonchev–Trinajstić information content (AvgIpc) is 3.55. The van der Waals surface area contributed by atoms with Crippen molar-refractivity contribution in [1.29, 1.82) is 0 Å². The summed E-state index contributed by atoms with van der Waals surface area (Å²) in [5, 5.41) is 12.9. The number of nitrogens with one attached hydrogen (secondary N) is 2. The number of ether oxygens (including phenoxy) is 5. The molecule has 0 fully saturated rings. The molecule has 0 aromatic heterocycles. The maximum Gasteiger partial charge on any atom is 0.266 e. The minimum atomic E-state index is -1.54. The fraction of sp³-hybridized carbons (Fsp3) is 0.297. The zero-order chi connectivity index (χ0) is 35.3. The molecule has 0 saturated heterocycles. The lowest BCUT2D eigenvalue weighted by molar-refractivity contribution is -0.130. The molecule has 1 aliphatic heterocycles. The summed E-state index contributed by atoms with van der Waals surface area (Å²) in [6, 6.07) is 27.5. The van der Waals surface area contributed by atoms with E-state index < -0.39 is 17.6 Å². The molecule has 1 amide bonds. The molecule has 0 aliphatic carbocycles. The van der Waals surface area contributed by atoms with Crippen LogP contribution in [0.15, 0.2) is 101 Å². The van der Waals surface area contributed by atoms with Crippen molar-refractivity contribution in [3.8, 4) is 23.0 Å². The number of nitrogens with zero attached hydrogens (tertiary/aromatic N) is 4. The molecule has 0 saturated carbocycles. The van der Waals surface area contributed by atoms with E-state index in [-0.39, 0.29) is 32.0 Å². The van der Waals surface area contributed by atoms with Gasteiger partial charge >= 0.3 is 0 Å². The predicted octanol–water partition coefficient (Wildman–Crippen LogP) is 5.60. The molecule has 0 unspecified atom stereocenters. The van der Waals surface area contributed by atoms with Gasteiger partial charge in [0.2, 0.25) is 5.90 Å². The number of amides is 1. The van der Waals surface area contributed by atoms with Gasteiger partial charge in [-0.15, -0.1) is 0 Å². The van der Waals surface area contributed by atoms with Crippen LogP contribution in [-0.4, -0.2) is 57.0 Å². The van der Waals surface area contributed by atoms with Gasteiger partial charge < -0.3 is 28.8 Å². The summed E-state index contributed by atoms with van der Waals surface area (Å²) < 4.78 is 28.8. The molecule has 13 nitrogen and oxygen atoms in total. The predicted molar refractivity (Wildman–Crippen MR) is 187 cm³/mol. The Labute approximate surface area is 290 Å². The standard InChI is InChI=1S/C37H40N6O7/c1-46-31-11-6-10-26(20-31)34-37(22-27-8-4-5-9-28(27)23-40-43-38,36(45)42-39-24-29-14-17-32(47-2)21-33(29)48-3)41-35(50-34)25-12-15-30(16-13-25)49-19-7-18-44/h4-6,8-17,20-21,34,39,44H,7,18-19,22-24H2,1-3H3,(H,42,45)/t34-,37-/m0/s1. The van der Waals surface area contributed by atoms with Gasteiger partial charge in [-0.05, 0) is 64.7 Å². The largest absolute Gasteiger partial charge is 0.497 e. The summed E-state index contributed by atoms with van der Waals surface area (Å²) in [7, 11) is 4.72. The minimum Gasteiger partial charge on any atom is -0.497 e. The van der Waals surface area contributed by atoms with Crippen molar-refractivity contribution < 1.29 is 33.6 Å². The molecule has 4 aromatic carbocycles. The van der Waals surface area contributed by atoms with Gasteiger partial charge in [0.25, 0.3) is 5.91 Å². The maximum absolute atomic E-state index is 14.7. The molecule has 50 heavy (non-hydrogen) atoms. The highest BCUT2D eigenvalue weighted by Gasteiger charge is 2.53. The summed E-state index contributed by atoms with van der Waals surface area (Å²) in [6.07, 6.45) is -0.271. The van der Waals surface area contributed by atoms with Gasteiger partial charge in [0.1, 0.15) is 23.0 Å². The third-order valence-electron chi connectivity index (χ3n) is 8.28. The summed E-state index contributed by atoms with van der Waals surface area (Å²) in [6.45, 7) is 0.743. The highest BCUT2D eigenvalue weighted by atomic mass is 16.5. The van der Waals surface area contributed by atoms with Crippen LogP contribution < -0.4 is 29.8 Å². The number of azide groups is 1. The zero-order valence-electron chi connectivity index (χ0n) is 28.2. The molecule has 1 aliphatic rings. The van der Waals surface area contributed by atoms with Crippen LogP contribution in [0, 0.1) is 0 Å². The van der Waals surface area contributed by atoms with Crippen LogP contribution in [0.3, 0.4) is 0 Å². The number of carbonyl (C=O) groups excluding carboxylic acids is 1. The minimum absolute atomic E-state index is 0.0347.